The van der Waals surface area contributed by atoms with E-state index >= 15 is 0 Å². The maximum absolute atomic E-state index is 12.8. The number of carbonyl (C=O) groups is 1. The van der Waals surface area contributed by atoms with E-state index < -0.39 is 0 Å². The number of hydrogen-bond donors (Lipinski definition) is 2. The number of rotatable bonds is 3. The minimum atomic E-state index is 0. The molecule has 0 saturated heterocycles. The van der Waals surface area contributed by atoms with Gasteiger partial charge in [0.2, 0.25) is 5.91 Å². The van der Waals surface area contributed by atoms with Crippen molar-refractivity contribution in [3.63, 3.8) is 0 Å². The molecule has 0 aromatic carbocycles. The van der Waals surface area contributed by atoms with Crippen LogP contribution in [0.4, 0.5) is 0 Å². The fraction of sp³-hybridized carbons (Fsp3) is 0.947. The van der Waals surface area contributed by atoms with Crippen LogP contribution in [0.15, 0.2) is 0 Å². The molecule has 0 aromatic heterocycles. The number of fused-ring (bicyclic) bond motifs is 4. The minimum absolute atomic E-state index is 0. The largest absolute Gasteiger partial charge is 0.353 e. The molecule has 4 rings (SSSR count). The maximum Gasteiger partial charge on any atom is 0.223 e. The van der Waals surface area contributed by atoms with Crippen molar-refractivity contribution in [3.8, 4) is 0 Å². The van der Waals surface area contributed by atoms with E-state index in [4.69, 9.17) is 5.73 Å². The summed E-state index contributed by atoms with van der Waals surface area (Å²) in [7, 11) is 0. The molecular formula is C19H33ClN2O. The molecule has 0 aliphatic heterocycles. The Balaban J connectivity index is 0.00000156. The number of carbonyl (C=O) groups excluding carboxylic acids is 1. The van der Waals surface area contributed by atoms with Gasteiger partial charge in [-0.15, -0.1) is 12.4 Å². The maximum atomic E-state index is 12.8. The van der Waals surface area contributed by atoms with Gasteiger partial charge in [0.1, 0.15) is 0 Å². The first-order valence-electron chi connectivity index (χ1n) is 9.67. The molecule has 4 aliphatic carbocycles. The topological polar surface area (TPSA) is 55.1 Å². The van der Waals surface area contributed by atoms with E-state index in [0.717, 1.165) is 30.6 Å². The summed E-state index contributed by atoms with van der Waals surface area (Å²) >= 11 is 0. The van der Waals surface area contributed by atoms with Crippen molar-refractivity contribution in [3.05, 3.63) is 0 Å². The van der Waals surface area contributed by atoms with Crippen LogP contribution >= 0.6 is 12.4 Å². The molecule has 6 atom stereocenters. The van der Waals surface area contributed by atoms with Gasteiger partial charge in [0.25, 0.3) is 0 Å². The lowest BCUT2D eigenvalue weighted by atomic mass is 9.65. The zero-order valence-electron chi connectivity index (χ0n) is 14.4. The quantitative estimate of drug-likeness (QED) is 0.826. The van der Waals surface area contributed by atoms with Crippen LogP contribution in [0.2, 0.25) is 0 Å². The van der Waals surface area contributed by atoms with E-state index in [9.17, 15) is 4.79 Å². The molecule has 4 heteroatoms. The molecule has 23 heavy (non-hydrogen) atoms. The second kappa shape index (κ2) is 6.92. The molecule has 3 N–H and O–H groups in total. The second-order valence-corrected chi connectivity index (χ2v) is 8.83. The van der Waals surface area contributed by atoms with E-state index in [0.29, 0.717) is 29.8 Å². The SMILES string of the molecule is CC(NC(=O)C1CC2CCCC(C1)C2N)C1CC2CCC1C2.Cl. The van der Waals surface area contributed by atoms with Gasteiger partial charge in [-0.1, -0.05) is 12.8 Å². The van der Waals surface area contributed by atoms with Crippen LogP contribution < -0.4 is 11.1 Å². The highest BCUT2D eigenvalue weighted by Crippen LogP contribution is 2.49. The van der Waals surface area contributed by atoms with Crippen molar-refractivity contribution in [2.24, 2.45) is 41.2 Å². The minimum Gasteiger partial charge on any atom is -0.353 e. The molecule has 4 bridgehead atoms. The Morgan fingerprint density at radius 1 is 1.00 bits per heavy atom. The third kappa shape index (κ3) is 3.28. The Morgan fingerprint density at radius 3 is 2.26 bits per heavy atom. The van der Waals surface area contributed by atoms with E-state index in [2.05, 4.69) is 12.2 Å². The first-order valence-corrected chi connectivity index (χ1v) is 9.67. The summed E-state index contributed by atoms with van der Waals surface area (Å²) in [5.74, 6) is 4.35. The van der Waals surface area contributed by atoms with Crippen LogP contribution in [0.3, 0.4) is 0 Å². The van der Waals surface area contributed by atoms with Crippen molar-refractivity contribution < 1.29 is 4.79 Å². The standard InChI is InChI=1S/C19H32N2O.ClH/c1-11(17-8-12-5-6-13(17)7-12)21-19(22)16-9-14-3-2-4-15(10-16)18(14)20;/h11-18H,2-10,20H2,1H3,(H,21,22);1H. The second-order valence-electron chi connectivity index (χ2n) is 8.83. The number of halogens is 1. The Labute approximate surface area is 146 Å². The predicted octanol–water partition coefficient (Wildman–Crippen LogP) is 3.50. The van der Waals surface area contributed by atoms with E-state index in [-0.39, 0.29) is 18.3 Å². The molecule has 0 aromatic rings. The molecule has 6 unspecified atom stereocenters. The average molecular weight is 341 g/mol. The van der Waals surface area contributed by atoms with Crippen LogP contribution in [0, 0.1) is 35.5 Å². The Morgan fingerprint density at radius 2 is 1.70 bits per heavy atom. The van der Waals surface area contributed by atoms with Crippen molar-refractivity contribution >= 4 is 18.3 Å². The van der Waals surface area contributed by atoms with E-state index in [1.807, 2.05) is 0 Å². The summed E-state index contributed by atoms with van der Waals surface area (Å²) in [5, 5.41) is 3.40. The Hall–Kier alpha value is -0.280. The molecular weight excluding hydrogens is 308 g/mol. The fourth-order valence-electron chi connectivity index (χ4n) is 6.36. The lowest BCUT2D eigenvalue weighted by molar-refractivity contribution is -0.129. The normalized spacial score (nSPS) is 46.1. The van der Waals surface area contributed by atoms with Gasteiger partial charge in [-0.05, 0) is 81.5 Å². The molecule has 132 valence electrons. The highest BCUT2D eigenvalue weighted by molar-refractivity contribution is 5.85. The van der Waals surface area contributed by atoms with Crippen LogP contribution in [-0.4, -0.2) is 18.0 Å². The van der Waals surface area contributed by atoms with Gasteiger partial charge in [-0.2, -0.15) is 0 Å². The van der Waals surface area contributed by atoms with Crippen molar-refractivity contribution in [2.75, 3.05) is 0 Å². The predicted molar refractivity (Wildman–Crippen MR) is 95.3 cm³/mol. The van der Waals surface area contributed by atoms with Crippen molar-refractivity contribution in [1.82, 2.24) is 5.32 Å². The first kappa shape index (κ1) is 17.5. The molecule has 4 fully saturated rings. The summed E-state index contributed by atoms with van der Waals surface area (Å²) < 4.78 is 0. The third-order valence-electron chi connectivity index (χ3n) is 7.59. The summed E-state index contributed by atoms with van der Waals surface area (Å²) in [6, 6.07) is 0.735. The number of hydrogen-bond acceptors (Lipinski definition) is 2. The first-order chi connectivity index (χ1) is 10.6. The monoisotopic (exact) mass is 340 g/mol. The van der Waals surface area contributed by atoms with Crippen LogP contribution in [0.25, 0.3) is 0 Å². The van der Waals surface area contributed by atoms with Gasteiger partial charge in [0.15, 0.2) is 0 Å². The summed E-state index contributed by atoms with van der Waals surface area (Å²) in [5.41, 5.74) is 6.36. The number of nitrogens with one attached hydrogen (secondary N) is 1. The highest BCUT2D eigenvalue weighted by atomic mass is 35.5. The molecule has 4 saturated carbocycles. The molecule has 1 amide bonds. The fourth-order valence-corrected chi connectivity index (χ4v) is 6.36. The van der Waals surface area contributed by atoms with Gasteiger partial charge >= 0.3 is 0 Å². The smallest absolute Gasteiger partial charge is 0.223 e. The zero-order chi connectivity index (χ0) is 15.3. The van der Waals surface area contributed by atoms with Gasteiger partial charge in [0, 0.05) is 18.0 Å². The average Bonchev–Trinajstić information content (AvgIpc) is 3.09. The third-order valence-corrected chi connectivity index (χ3v) is 7.59. The van der Waals surface area contributed by atoms with Crippen LogP contribution in [0.5, 0.6) is 0 Å². The lowest BCUT2D eigenvalue weighted by Gasteiger charge is -2.44. The lowest BCUT2D eigenvalue weighted by Crippen LogP contribution is -2.50. The number of nitrogens with two attached hydrogens (primary N) is 1. The number of amides is 1. The van der Waals surface area contributed by atoms with Crippen LogP contribution in [0.1, 0.15) is 64.7 Å². The summed E-state index contributed by atoms with van der Waals surface area (Å²) in [4.78, 5) is 12.8. The molecule has 0 heterocycles. The van der Waals surface area contributed by atoms with Gasteiger partial charge < -0.3 is 11.1 Å². The molecule has 0 radical (unpaired) electrons. The van der Waals surface area contributed by atoms with Crippen molar-refractivity contribution in [2.45, 2.75) is 76.8 Å². The van der Waals surface area contributed by atoms with E-state index in [1.54, 1.807) is 0 Å². The van der Waals surface area contributed by atoms with Crippen molar-refractivity contribution in [1.29, 1.82) is 0 Å². The molecule has 3 nitrogen and oxygen atoms in total. The van der Waals surface area contributed by atoms with E-state index in [1.165, 1.54) is 44.9 Å². The molecule has 4 aliphatic rings. The van der Waals surface area contributed by atoms with Gasteiger partial charge in [0.05, 0.1) is 0 Å². The van der Waals surface area contributed by atoms with Gasteiger partial charge in [-0.25, -0.2) is 0 Å². The Kier molecular flexibility index (Phi) is 5.27. The zero-order valence-corrected chi connectivity index (χ0v) is 15.2. The summed E-state index contributed by atoms with van der Waals surface area (Å²) in [6.07, 6.45) is 11.5. The Bertz CT molecular complexity index is 429. The highest BCUT2D eigenvalue weighted by Gasteiger charge is 2.44. The van der Waals surface area contributed by atoms with Gasteiger partial charge in [-0.3, -0.25) is 4.79 Å². The van der Waals surface area contributed by atoms with Crippen LogP contribution in [-0.2, 0) is 4.79 Å². The molecule has 0 spiro atoms. The summed E-state index contributed by atoms with van der Waals surface area (Å²) in [6.45, 7) is 2.25.